The van der Waals surface area contributed by atoms with Crippen molar-refractivity contribution in [1.82, 2.24) is 9.78 Å². The topological polar surface area (TPSA) is 38.0 Å². The molecule has 3 nitrogen and oxygen atoms in total. The highest BCUT2D eigenvalue weighted by Gasteiger charge is 2.24. The number of hydrogen-bond acceptors (Lipinski definition) is 2. The molecule has 0 amide bonds. The molecule has 1 aromatic heterocycles. The van der Waals surface area contributed by atoms with E-state index in [0.717, 1.165) is 31.4 Å². The Morgan fingerprint density at radius 3 is 2.80 bits per heavy atom. The first-order valence-electron chi connectivity index (χ1n) is 5.58. The zero-order valence-corrected chi connectivity index (χ0v) is 9.74. The number of hydrogen-bond donors (Lipinski definition) is 1. The third kappa shape index (κ3) is 2.34. The molecule has 1 aliphatic rings. The number of halogens is 1. The highest BCUT2D eigenvalue weighted by molar-refractivity contribution is 6.31. The zero-order valence-electron chi connectivity index (χ0n) is 8.99. The van der Waals surface area contributed by atoms with Gasteiger partial charge in [0.05, 0.1) is 22.9 Å². The van der Waals surface area contributed by atoms with Crippen molar-refractivity contribution in [2.24, 2.45) is 0 Å². The van der Waals surface area contributed by atoms with E-state index in [0.29, 0.717) is 5.02 Å². The molecule has 2 atom stereocenters. The van der Waals surface area contributed by atoms with Crippen LogP contribution >= 0.6 is 11.6 Å². The van der Waals surface area contributed by atoms with Crippen LogP contribution in [0.25, 0.3) is 0 Å². The summed E-state index contributed by atoms with van der Waals surface area (Å²) in [5.74, 6) is 0. The van der Waals surface area contributed by atoms with Gasteiger partial charge in [0.15, 0.2) is 0 Å². The summed E-state index contributed by atoms with van der Waals surface area (Å²) >= 11 is 5.97. The van der Waals surface area contributed by atoms with Crippen LogP contribution < -0.4 is 0 Å². The van der Waals surface area contributed by atoms with Crippen LogP contribution in [0.4, 0.5) is 0 Å². The molecule has 1 aliphatic carbocycles. The number of rotatable bonds is 1. The van der Waals surface area contributed by atoms with Crippen LogP contribution in [0.5, 0.6) is 0 Å². The van der Waals surface area contributed by atoms with E-state index < -0.39 is 0 Å². The Labute approximate surface area is 95.0 Å². The van der Waals surface area contributed by atoms with E-state index in [1.54, 1.807) is 0 Å². The van der Waals surface area contributed by atoms with Gasteiger partial charge in [-0.15, -0.1) is 0 Å². The van der Waals surface area contributed by atoms with Crippen molar-refractivity contribution < 1.29 is 5.11 Å². The van der Waals surface area contributed by atoms with Gasteiger partial charge < -0.3 is 5.11 Å². The summed E-state index contributed by atoms with van der Waals surface area (Å²) in [5, 5.41) is 15.0. The summed E-state index contributed by atoms with van der Waals surface area (Å²) in [7, 11) is 0. The third-order valence-corrected chi connectivity index (χ3v) is 3.51. The fraction of sp³-hybridized carbons (Fsp3) is 0.727. The van der Waals surface area contributed by atoms with Gasteiger partial charge in [0.2, 0.25) is 0 Å². The highest BCUT2D eigenvalue weighted by atomic mass is 35.5. The molecule has 0 saturated heterocycles. The molecule has 4 heteroatoms. The van der Waals surface area contributed by atoms with Crippen LogP contribution in [-0.4, -0.2) is 21.0 Å². The minimum Gasteiger partial charge on any atom is -0.391 e. The van der Waals surface area contributed by atoms with Crippen LogP contribution in [0.15, 0.2) is 6.20 Å². The molecule has 0 bridgehead atoms. The second-order valence-electron chi connectivity index (χ2n) is 4.32. The molecule has 1 fully saturated rings. The number of aliphatic hydroxyl groups is 1. The van der Waals surface area contributed by atoms with Gasteiger partial charge in [-0.3, -0.25) is 4.68 Å². The summed E-state index contributed by atoms with van der Waals surface area (Å²) in [6.07, 6.45) is 6.92. The molecule has 1 saturated carbocycles. The molecule has 2 rings (SSSR count). The predicted octanol–water partition coefficient (Wildman–Crippen LogP) is 2.71. The second kappa shape index (κ2) is 4.54. The predicted molar refractivity (Wildman–Crippen MR) is 60.1 cm³/mol. The molecule has 0 aromatic carbocycles. The van der Waals surface area contributed by atoms with Gasteiger partial charge in [0.25, 0.3) is 0 Å². The van der Waals surface area contributed by atoms with Crippen molar-refractivity contribution in [3.8, 4) is 0 Å². The Balaban J connectivity index is 2.20. The van der Waals surface area contributed by atoms with Crippen molar-refractivity contribution in [2.75, 3.05) is 0 Å². The van der Waals surface area contributed by atoms with Crippen molar-refractivity contribution in [3.05, 3.63) is 16.9 Å². The monoisotopic (exact) mass is 228 g/mol. The van der Waals surface area contributed by atoms with Crippen molar-refractivity contribution >= 4 is 11.6 Å². The highest BCUT2D eigenvalue weighted by Crippen LogP contribution is 2.28. The van der Waals surface area contributed by atoms with Crippen LogP contribution in [-0.2, 0) is 0 Å². The first kappa shape index (κ1) is 11.0. The molecule has 1 N–H and O–H groups in total. The molecule has 2 unspecified atom stereocenters. The Morgan fingerprint density at radius 2 is 2.13 bits per heavy atom. The van der Waals surface area contributed by atoms with E-state index in [9.17, 15) is 5.11 Å². The van der Waals surface area contributed by atoms with Crippen molar-refractivity contribution in [3.63, 3.8) is 0 Å². The Morgan fingerprint density at radius 1 is 1.40 bits per heavy atom. The second-order valence-corrected chi connectivity index (χ2v) is 4.72. The SMILES string of the molecule is Cc1nn(C2CCCCCC2O)cc1Cl. The normalized spacial score (nSPS) is 27.7. The van der Waals surface area contributed by atoms with Gasteiger partial charge in [-0.1, -0.05) is 30.9 Å². The quantitative estimate of drug-likeness (QED) is 0.751. The van der Waals surface area contributed by atoms with E-state index in [1.165, 1.54) is 6.42 Å². The lowest BCUT2D eigenvalue weighted by Crippen LogP contribution is -2.23. The number of nitrogens with zero attached hydrogens (tertiary/aromatic N) is 2. The fourth-order valence-electron chi connectivity index (χ4n) is 2.21. The van der Waals surface area contributed by atoms with Gasteiger partial charge >= 0.3 is 0 Å². The van der Waals surface area contributed by atoms with Crippen LogP contribution in [0.1, 0.15) is 43.8 Å². The molecule has 1 heterocycles. The summed E-state index contributed by atoms with van der Waals surface area (Å²) in [6, 6.07) is 0.110. The van der Waals surface area contributed by atoms with Gasteiger partial charge in [-0.2, -0.15) is 5.10 Å². The summed E-state index contributed by atoms with van der Waals surface area (Å²) in [5.41, 5.74) is 0.841. The molecular formula is C11H17ClN2O. The van der Waals surface area contributed by atoms with Gasteiger partial charge in [0.1, 0.15) is 0 Å². The minimum atomic E-state index is -0.275. The van der Waals surface area contributed by atoms with Crippen molar-refractivity contribution in [1.29, 1.82) is 0 Å². The summed E-state index contributed by atoms with van der Waals surface area (Å²) in [6.45, 7) is 1.89. The van der Waals surface area contributed by atoms with Gasteiger partial charge in [0, 0.05) is 6.20 Å². The molecule has 0 radical (unpaired) electrons. The van der Waals surface area contributed by atoms with E-state index >= 15 is 0 Å². The van der Waals surface area contributed by atoms with Gasteiger partial charge in [-0.05, 0) is 19.8 Å². The molecule has 84 valence electrons. The maximum Gasteiger partial charge on any atom is 0.0815 e. The zero-order chi connectivity index (χ0) is 10.8. The summed E-state index contributed by atoms with van der Waals surface area (Å²) in [4.78, 5) is 0. The van der Waals surface area contributed by atoms with Crippen molar-refractivity contribution in [2.45, 2.75) is 51.2 Å². The Hall–Kier alpha value is -0.540. The largest absolute Gasteiger partial charge is 0.391 e. The lowest BCUT2D eigenvalue weighted by atomic mass is 10.1. The first-order valence-corrected chi connectivity index (χ1v) is 5.95. The molecule has 0 spiro atoms. The maximum absolute atomic E-state index is 10.00. The average molecular weight is 229 g/mol. The fourth-order valence-corrected chi connectivity index (χ4v) is 2.34. The van der Waals surface area contributed by atoms with E-state index in [4.69, 9.17) is 11.6 Å². The van der Waals surface area contributed by atoms with Crippen LogP contribution in [0.3, 0.4) is 0 Å². The first-order chi connectivity index (χ1) is 7.18. The van der Waals surface area contributed by atoms with Crippen LogP contribution in [0, 0.1) is 6.92 Å². The lowest BCUT2D eigenvalue weighted by Gasteiger charge is -2.20. The Bertz CT molecular complexity index is 318. The Kier molecular flexibility index (Phi) is 3.32. The van der Waals surface area contributed by atoms with E-state index in [1.807, 2.05) is 17.8 Å². The third-order valence-electron chi connectivity index (χ3n) is 3.14. The summed E-state index contributed by atoms with van der Waals surface area (Å²) < 4.78 is 1.84. The van der Waals surface area contributed by atoms with Gasteiger partial charge in [-0.25, -0.2) is 0 Å². The molecule has 1 aromatic rings. The average Bonchev–Trinajstić information content (AvgIpc) is 2.41. The van der Waals surface area contributed by atoms with E-state index in [-0.39, 0.29) is 12.1 Å². The van der Waals surface area contributed by atoms with E-state index in [2.05, 4.69) is 5.10 Å². The van der Waals surface area contributed by atoms with Crippen LogP contribution in [0.2, 0.25) is 5.02 Å². The molecular weight excluding hydrogens is 212 g/mol. The number of aliphatic hydroxyl groups excluding tert-OH is 1. The molecule has 15 heavy (non-hydrogen) atoms. The standard InChI is InChI=1S/C11H17ClN2O/c1-8-9(12)7-14(13-8)10-5-3-2-4-6-11(10)15/h7,10-11,15H,2-6H2,1H3. The number of aryl methyl sites for hydroxylation is 1. The molecule has 0 aliphatic heterocycles. The smallest absolute Gasteiger partial charge is 0.0815 e. The number of aromatic nitrogens is 2. The lowest BCUT2D eigenvalue weighted by molar-refractivity contribution is 0.0989. The minimum absolute atomic E-state index is 0.110. The maximum atomic E-state index is 10.00.